The van der Waals surface area contributed by atoms with Crippen LogP contribution in [0.25, 0.3) is 0 Å². The van der Waals surface area contributed by atoms with Gasteiger partial charge in [-0.3, -0.25) is 9.59 Å². The summed E-state index contributed by atoms with van der Waals surface area (Å²) in [6.45, 7) is 10.4. The number of ether oxygens (including phenoxy) is 2. The van der Waals surface area contributed by atoms with Crippen LogP contribution in [0.1, 0.15) is 41.0 Å². The summed E-state index contributed by atoms with van der Waals surface area (Å²) in [5.74, 6) is -0.234. The van der Waals surface area contributed by atoms with Crippen molar-refractivity contribution < 1.29 is 19.1 Å². The predicted molar refractivity (Wildman–Crippen MR) is 69.1 cm³/mol. The van der Waals surface area contributed by atoms with Crippen molar-refractivity contribution in [3.8, 4) is 0 Å². The van der Waals surface area contributed by atoms with Crippen LogP contribution < -0.4 is 5.32 Å². The Morgan fingerprint density at radius 2 is 1.78 bits per heavy atom. The highest BCUT2D eigenvalue weighted by Crippen LogP contribution is 2.06. The molecule has 0 radical (unpaired) electrons. The fourth-order valence-corrected chi connectivity index (χ4v) is 1.09. The van der Waals surface area contributed by atoms with Gasteiger partial charge in [0.1, 0.15) is 5.60 Å². The number of rotatable bonds is 7. The van der Waals surface area contributed by atoms with Gasteiger partial charge in [0, 0.05) is 6.54 Å². The van der Waals surface area contributed by atoms with E-state index in [1.165, 1.54) is 0 Å². The Bertz CT molecular complexity index is 269. The second-order valence-corrected chi connectivity index (χ2v) is 5.59. The summed E-state index contributed by atoms with van der Waals surface area (Å²) in [4.78, 5) is 22.6. The average molecular weight is 259 g/mol. The van der Waals surface area contributed by atoms with Gasteiger partial charge in [0.15, 0.2) is 0 Å². The maximum Gasteiger partial charge on any atom is 0.320 e. The van der Waals surface area contributed by atoms with E-state index in [-0.39, 0.29) is 24.9 Å². The van der Waals surface area contributed by atoms with Crippen molar-refractivity contribution in [1.29, 1.82) is 0 Å². The molecule has 0 aromatic carbocycles. The van der Waals surface area contributed by atoms with E-state index >= 15 is 0 Å². The van der Waals surface area contributed by atoms with Crippen molar-refractivity contribution in [3.05, 3.63) is 0 Å². The van der Waals surface area contributed by atoms with E-state index < -0.39 is 5.60 Å². The lowest BCUT2D eigenvalue weighted by Gasteiger charge is -2.19. The molecule has 0 atom stereocenters. The number of carbonyl (C=O) groups excluding carboxylic acids is 2. The van der Waals surface area contributed by atoms with Crippen LogP contribution in [0, 0.1) is 5.92 Å². The van der Waals surface area contributed by atoms with Gasteiger partial charge >= 0.3 is 11.9 Å². The van der Waals surface area contributed by atoms with E-state index in [1.54, 1.807) is 0 Å². The fraction of sp³-hybridized carbons (Fsp3) is 0.846. The van der Waals surface area contributed by atoms with E-state index in [0.29, 0.717) is 19.1 Å². The Morgan fingerprint density at radius 1 is 1.17 bits per heavy atom. The molecule has 1 N–H and O–H groups in total. The van der Waals surface area contributed by atoms with E-state index in [9.17, 15) is 9.59 Å². The van der Waals surface area contributed by atoms with Crippen LogP contribution in [-0.4, -0.2) is 37.2 Å². The first-order chi connectivity index (χ1) is 8.20. The molecule has 0 amide bonds. The van der Waals surface area contributed by atoms with Crippen molar-refractivity contribution in [2.75, 3.05) is 19.7 Å². The first kappa shape index (κ1) is 16.9. The van der Waals surface area contributed by atoms with E-state index in [2.05, 4.69) is 5.32 Å². The van der Waals surface area contributed by atoms with Gasteiger partial charge < -0.3 is 14.8 Å². The molecule has 5 heteroatoms. The quantitative estimate of drug-likeness (QED) is 0.554. The predicted octanol–water partition coefficient (Wildman–Crippen LogP) is 1.51. The molecule has 0 aromatic heterocycles. The van der Waals surface area contributed by atoms with Crippen LogP contribution in [0.4, 0.5) is 0 Å². The monoisotopic (exact) mass is 259 g/mol. The standard InChI is InChI=1S/C13H25NO4/c1-10(2)9-17-11(15)6-7-14-8-12(16)18-13(3,4)5/h10,14H,6-9H2,1-5H3. The molecule has 0 aliphatic heterocycles. The van der Waals surface area contributed by atoms with Crippen LogP contribution in [-0.2, 0) is 19.1 Å². The third kappa shape index (κ3) is 11.4. The van der Waals surface area contributed by atoms with Gasteiger partial charge in [-0.1, -0.05) is 13.8 Å². The zero-order valence-corrected chi connectivity index (χ0v) is 12.0. The third-order valence-corrected chi connectivity index (χ3v) is 1.77. The first-order valence-corrected chi connectivity index (χ1v) is 6.29. The smallest absolute Gasteiger partial charge is 0.320 e. The minimum Gasteiger partial charge on any atom is -0.465 e. The van der Waals surface area contributed by atoms with E-state index in [4.69, 9.17) is 9.47 Å². The largest absolute Gasteiger partial charge is 0.465 e. The highest BCUT2D eigenvalue weighted by molar-refractivity contribution is 5.72. The lowest BCUT2D eigenvalue weighted by molar-refractivity contribution is -0.154. The summed E-state index contributed by atoms with van der Waals surface area (Å²) in [7, 11) is 0. The van der Waals surface area contributed by atoms with Gasteiger partial charge in [-0.05, 0) is 26.7 Å². The molecular formula is C13H25NO4. The Labute approximate surface area is 109 Å². The molecule has 0 spiro atoms. The molecule has 106 valence electrons. The summed E-state index contributed by atoms with van der Waals surface area (Å²) < 4.78 is 10.1. The van der Waals surface area contributed by atoms with Crippen LogP contribution in [0.5, 0.6) is 0 Å². The number of hydrogen-bond donors (Lipinski definition) is 1. The van der Waals surface area contributed by atoms with E-state index in [1.807, 2.05) is 34.6 Å². The normalized spacial score (nSPS) is 11.4. The first-order valence-electron chi connectivity index (χ1n) is 6.29. The molecule has 0 bridgehead atoms. The van der Waals surface area contributed by atoms with Gasteiger partial charge in [0.25, 0.3) is 0 Å². The van der Waals surface area contributed by atoms with Crippen LogP contribution >= 0.6 is 0 Å². The zero-order chi connectivity index (χ0) is 14.2. The molecule has 0 aromatic rings. The molecule has 0 fully saturated rings. The summed E-state index contributed by atoms with van der Waals surface area (Å²) >= 11 is 0. The van der Waals surface area contributed by atoms with Gasteiger partial charge in [-0.2, -0.15) is 0 Å². The Kier molecular flexibility index (Phi) is 7.59. The van der Waals surface area contributed by atoms with Crippen molar-refractivity contribution >= 4 is 11.9 Å². The number of carbonyl (C=O) groups is 2. The summed E-state index contributed by atoms with van der Waals surface area (Å²) in [5.41, 5.74) is -0.477. The Morgan fingerprint density at radius 3 is 2.28 bits per heavy atom. The molecule has 5 nitrogen and oxygen atoms in total. The lowest BCUT2D eigenvalue weighted by atomic mass is 10.2. The molecule has 0 rings (SSSR count). The minimum atomic E-state index is -0.477. The molecule has 0 heterocycles. The SMILES string of the molecule is CC(C)COC(=O)CCNCC(=O)OC(C)(C)C. The Balaban J connectivity index is 3.56. The molecule has 0 unspecified atom stereocenters. The van der Waals surface area contributed by atoms with Gasteiger partial charge in [0.05, 0.1) is 19.6 Å². The van der Waals surface area contributed by atoms with E-state index in [0.717, 1.165) is 0 Å². The lowest BCUT2D eigenvalue weighted by Crippen LogP contribution is -2.32. The molecule has 0 saturated carbocycles. The second kappa shape index (κ2) is 8.08. The van der Waals surface area contributed by atoms with Crippen molar-refractivity contribution in [1.82, 2.24) is 5.32 Å². The molecular weight excluding hydrogens is 234 g/mol. The topological polar surface area (TPSA) is 64.6 Å². The van der Waals surface area contributed by atoms with Crippen LogP contribution in [0.3, 0.4) is 0 Å². The van der Waals surface area contributed by atoms with Gasteiger partial charge in [0.2, 0.25) is 0 Å². The molecule has 0 aliphatic carbocycles. The molecule has 18 heavy (non-hydrogen) atoms. The van der Waals surface area contributed by atoms with Crippen molar-refractivity contribution in [2.24, 2.45) is 5.92 Å². The highest BCUT2D eigenvalue weighted by Gasteiger charge is 2.15. The minimum absolute atomic E-state index is 0.106. The van der Waals surface area contributed by atoms with Gasteiger partial charge in [-0.25, -0.2) is 0 Å². The van der Waals surface area contributed by atoms with Crippen LogP contribution in [0.15, 0.2) is 0 Å². The van der Waals surface area contributed by atoms with Gasteiger partial charge in [-0.15, -0.1) is 0 Å². The number of nitrogens with one attached hydrogen (secondary N) is 1. The summed E-state index contributed by atoms with van der Waals surface area (Å²) in [5, 5.41) is 2.85. The molecule has 0 saturated heterocycles. The average Bonchev–Trinajstić information content (AvgIpc) is 2.19. The maximum atomic E-state index is 11.3. The fourth-order valence-electron chi connectivity index (χ4n) is 1.09. The van der Waals surface area contributed by atoms with Crippen molar-refractivity contribution in [3.63, 3.8) is 0 Å². The highest BCUT2D eigenvalue weighted by atomic mass is 16.6. The molecule has 0 aliphatic rings. The zero-order valence-electron chi connectivity index (χ0n) is 12.0. The third-order valence-electron chi connectivity index (χ3n) is 1.77. The Hall–Kier alpha value is -1.10. The number of hydrogen-bond acceptors (Lipinski definition) is 5. The summed E-state index contributed by atoms with van der Waals surface area (Å²) in [6.07, 6.45) is 0.259. The second-order valence-electron chi connectivity index (χ2n) is 5.59. The van der Waals surface area contributed by atoms with Crippen LogP contribution in [0.2, 0.25) is 0 Å². The summed E-state index contributed by atoms with van der Waals surface area (Å²) in [6, 6.07) is 0. The number of esters is 2. The maximum absolute atomic E-state index is 11.3. The van der Waals surface area contributed by atoms with Crippen molar-refractivity contribution in [2.45, 2.75) is 46.6 Å².